The minimum atomic E-state index is -0.534. The fourth-order valence-corrected chi connectivity index (χ4v) is 3.22. The number of nitro benzene ring substituents is 1. The van der Waals surface area contributed by atoms with Gasteiger partial charge in [-0.3, -0.25) is 20.3 Å². The number of hydrogen-bond donors (Lipinski definition) is 3. The molecule has 0 aromatic heterocycles. The molecule has 0 spiro atoms. The molecule has 30 heavy (non-hydrogen) atoms. The largest absolute Gasteiger partial charge is 0.371 e. The SMILES string of the molecule is Cc1cccc(NC(=O)NNC(=O)C=C2CCN(c3cccc([N+](=O)[O-])c3)CC2)c1. The summed E-state index contributed by atoms with van der Waals surface area (Å²) in [7, 11) is 0. The first-order valence-corrected chi connectivity index (χ1v) is 9.53. The Balaban J connectivity index is 1.46. The molecule has 0 atom stereocenters. The van der Waals surface area contributed by atoms with Gasteiger partial charge in [-0.2, -0.15) is 0 Å². The van der Waals surface area contributed by atoms with Gasteiger partial charge in [0.2, 0.25) is 0 Å². The zero-order valence-corrected chi connectivity index (χ0v) is 16.6. The summed E-state index contributed by atoms with van der Waals surface area (Å²) < 4.78 is 0. The second-order valence-electron chi connectivity index (χ2n) is 7.00. The standard InChI is InChI=1S/C21H23N5O4/c1-15-4-2-5-17(12-15)22-21(28)24-23-20(27)13-16-8-10-25(11-9-16)18-6-3-7-19(14-18)26(29)30/h2-7,12-14H,8-11H2,1H3,(H,23,27)(H2,22,24,28). The van der Waals surface area contributed by atoms with Crippen LogP contribution in [0.5, 0.6) is 0 Å². The first-order chi connectivity index (χ1) is 14.4. The van der Waals surface area contributed by atoms with Crippen LogP contribution in [0.15, 0.2) is 60.2 Å². The summed E-state index contributed by atoms with van der Waals surface area (Å²) in [5, 5.41) is 13.6. The van der Waals surface area contributed by atoms with E-state index in [-0.39, 0.29) is 5.69 Å². The lowest BCUT2D eigenvalue weighted by Gasteiger charge is -2.30. The summed E-state index contributed by atoms with van der Waals surface area (Å²) in [6.45, 7) is 3.23. The Morgan fingerprint density at radius 3 is 2.50 bits per heavy atom. The number of nitrogens with one attached hydrogen (secondary N) is 3. The average Bonchev–Trinajstić information content (AvgIpc) is 2.73. The zero-order valence-electron chi connectivity index (χ0n) is 16.6. The van der Waals surface area contributed by atoms with Gasteiger partial charge in [-0.15, -0.1) is 0 Å². The number of piperidine rings is 1. The van der Waals surface area contributed by atoms with Gasteiger partial charge in [0.05, 0.1) is 4.92 Å². The Hall–Kier alpha value is -3.88. The molecule has 9 nitrogen and oxygen atoms in total. The van der Waals surface area contributed by atoms with Crippen LogP contribution < -0.4 is 21.1 Å². The Morgan fingerprint density at radius 2 is 1.80 bits per heavy atom. The highest BCUT2D eigenvalue weighted by Crippen LogP contribution is 2.25. The van der Waals surface area contributed by atoms with Crippen LogP contribution in [0.2, 0.25) is 0 Å². The van der Waals surface area contributed by atoms with E-state index in [1.807, 2.05) is 31.2 Å². The number of hydrazine groups is 1. The van der Waals surface area contributed by atoms with E-state index >= 15 is 0 Å². The van der Waals surface area contributed by atoms with Crippen molar-refractivity contribution < 1.29 is 14.5 Å². The molecule has 1 fully saturated rings. The Morgan fingerprint density at radius 1 is 1.07 bits per heavy atom. The van der Waals surface area contributed by atoms with Gasteiger partial charge in [0.25, 0.3) is 11.6 Å². The molecule has 0 saturated carbocycles. The number of aryl methyl sites for hydroxylation is 1. The van der Waals surface area contributed by atoms with Crippen molar-refractivity contribution in [1.29, 1.82) is 0 Å². The van der Waals surface area contributed by atoms with Gasteiger partial charge in [0.1, 0.15) is 0 Å². The molecule has 2 aromatic carbocycles. The van der Waals surface area contributed by atoms with Crippen LogP contribution >= 0.6 is 0 Å². The smallest absolute Gasteiger partial charge is 0.337 e. The summed E-state index contributed by atoms with van der Waals surface area (Å²) in [5.41, 5.74) is 8.14. The number of amides is 3. The van der Waals surface area contributed by atoms with Gasteiger partial charge in [-0.1, -0.05) is 23.8 Å². The van der Waals surface area contributed by atoms with Crippen LogP contribution in [0.25, 0.3) is 0 Å². The molecule has 3 amide bonds. The monoisotopic (exact) mass is 409 g/mol. The van der Waals surface area contributed by atoms with E-state index in [0.29, 0.717) is 31.6 Å². The minimum absolute atomic E-state index is 0.0585. The fourth-order valence-electron chi connectivity index (χ4n) is 3.22. The number of rotatable bonds is 4. The lowest BCUT2D eigenvalue weighted by molar-refractivity contribution is -0.384. The van der Waals surface area contributed by atoms with Gasteiger partial charge in [0.15, 0.2) is 0 Å². The lowest BCUT2D eigenvalue weighted by Crippen LogP contribution is -2.43. The summed E-state index contributed by atoms with van der Waals surface area (Å²) >= 11 is 0. The third-order valence-electron chi connectivity index (χ3n) is 4.72. The molecular weight excluding hydrogens is 386 g/mol. The molecule has 1 aliphatic rings. The Kier molecular flexibility index (Phi) is 6.63. The van der Waals surface area contributed by atoms with Crippen molar-refractivity contribution in [2.24, 2.45) is 0 Å². The number of non-ortho nitro benzene ring substituents is 1. The van der Waals surface area contributed by atoms with Crippen molar-refractivity contribution in [3.05, 3.63) is 75.9 Å². The number of nitro groups is 1. The van der Waals surface area contributed by atoms with E-state index < -0.39 is 16.9 Å². The molecule has 0 radical (unpaired) electrons. The highest BCUT2D eigenvalue weighted by molar-refractivity contribution is 5.93. The molecule has 1 heterocycles. The van der Waals surface area contributed by atoms with Gasteiger partial charge in [-0.05, 0) is 43.5 Å². The number of anilines is 2. The third kappa shape index (κ3) is 5.81. The van der Waals surface area contributed by atoms with Gasteiger partial charge in [-0.25, -0.2) is 10.2 Å². The number of carbonyl (C=O) groups is 2. The van der Waals surface area contributed by atoms with Crippen molar-refractivity contribution in [2.75, 3.05) is 23.3 Å². The second kappa shape index (κ2) is 9.55. The quantitative estimate of drug-likeness (QED) is 0.407. The van der Waals surface area contributed by atoms with Crippen molar-refractivity contribution in [3.63, 3.8) is 0 Å². The third-order valence-corrected chi connectivity index (χ3v) is 4.72. The molecule has 9 heteroatoms. The highest BCUT2D eigenvalue weighted by Gasteiger charge is 2.17. The summed E-state index contributed by atoms with van der Waals surface area (Å²) in [5.74, 6) is -0.409. The summed E-state index contributed by atoms with van der Waals surface area (Å²) in [4.78, 5) is 36.5. The normalized spacial score (nSPS) is 13.4. The molecule has 1 aliphatic heterocycles. The maximum atomic E-state index is 12.1. The predicted octanol–water partition coefficient (Wildman–Crippen LogP) is 3.28. The fraction of sp³-hybridized carbons (Fsp3) is 0.238. The minimum Gasteiger partial charge on any atom is -0.371 e. The number of hydrogen-bond acceptors (Lipinski definition) is 5. The maximum Gasteiger partial charge on any atom is 0.337 e. The Bertz CT molecular complexity index is 979. The van der Waals surface area contributed by atoms with Crippen LogP contribution in [0.1, 0.15) is 18.4 Å². The molecular formula is C21H23N5O4. The maximum absolute atomic E-state index is 12.1. The number of carbonyl (C=O) groups excluding carboxylic acids is 2. The Labute approximate surface area is 173 Å². The van der Waals surface area contributed by atoms with Crippen LogP contribution in [0.3, 0.4) is 0 Å². The number of urea groups is 1. The predicted molar refractivity (Wildman–Crippen MR) is 114 cm³/mol. The molecule has 2 aromatic rings. The molecule has 0 bridgehead atoms. The van der Waals surface area contributed by atoms with E-state index in [2.05, 4.69) is 21.1 Å². The van der Waals surface area contributed by atoms with Crippen LogP contribution in [0, 0.1) is 17.0 Å². The van der Waals surface area contributed by atoms with E-state index in [1.54, 1.807) is 18.2 Å². The molecule has 0 unspecified atom stereocenters. The molecule has 1 saturated heterocycles. The van der Waals surface area contributed by atoms with E-state index in [0.717, 1.165) is 16.8 Å². The lowest BCUT2D eigenvalue weighted by atomic mass is 10.0. The van der Waals surface area contributed by atoms with Gasteiger partial charge in [0, 0.05) is 42.7 Å². The number of benzene rings is 2. The van der Waals surface area contributed by atoms with E-state index in [9.17, 15) is 19.7 Å². The topological polar surface area (TPSA) is 117 Å². The van der Waals surface area contributed by atoms with Crippen molar-refractivity contribution in [1.82, 2.24) is 10.9 Å². The zero-order chi connectivity index (χ0) is 21.5. The summed E-state index contributed by atoms with van der Waals surface area (Å²) in [6, 6.07) is 13.3. The van der Waals surface area contributed by atoms with E-state index in [1.165, 1.54) is 12.1 Å². The molecule has 0 aliphatic carbocycles. The van der Waals surface area contributed by atoms with Crippen LogP contribution in [0.4, 0.5) is 21.9 Å². The molecule has 3 rings (SSSR count). The molecule has 156 valence electrons. The van der Waals surface area contributed by atoms with Crippen molar-refractivity contribution >= 4 is 29.0 Å². The van der Waals surface area contributed by atoms with Gasteiger partial charge >= 0.3 is 6.03 Å². The van der Waals surface area contributed by atoms with Crippen molar-refractivity contribution in [2.45, 2.75) is 19.8 Å². The number of nitrogens with zero attached hydrogens (tertiary/aromatic N) is 2. The first-order valence-electron chi connectivity index (χ1n) is 9.53. The second-order valence-corrected chi connectivity index (χ2v) is 7.00. The summed E-state index contributed by atoms with van der Waals surface area (Å²) in [6.07, 6.45) is 2.80. The van der Waals surface area contributed by atoms with Crippen molar-refractivity contribution in [3.8, 4) is 0 Å². The highest BCUT2D eigenvalue weighted by atomic mass is 16.6. The first kappa shape index (κ1) is 20.8. The average molecular weight is 409 g/mol. The van der Waals surface area contributed by atoms with Crippen LogP contribution in [-0.2, 0) is 4.79 Å². The van der Waals surface area contributed by atoms with Gasteiger partial charge < -0.3 is 10.2 Å². The molecule has 3 N–H and O–H groups in total. The van der Waals surface area contributed by atoms with Crippen LogP contribution in [-0.4, -0.2) is 30.0 Å². The van der Waals surface area contributed by atoms with E-state index in [4.69, 9.17) is 0 Å².